The van der Waals surface area contributed by atoms with Gasteiger partial charge in [0, 0.05) is 19.5 Å². The Kier molecular flexibility index (Phi) is 2.32. The Balaban J connectivity index is 2.77. The van der Waals surface area contributed by atoms with Gasteiger partial charge in [-0.2, -0.15) is 0 Å². The number of nitrogens with two attached hydrogens (primary N) is 1. The summed E-state index contributed by atoms with van der Waals surface area (Å²) >= 11 is 0. The van der Waals surface area contributed by atoms with E-state index in [9.17, 15) is 9.59 Å². The largest absolute Gasteiger partial charge is 0.480 e. The van der Waals surface area contributed by atoms with E-state index in [1.807, 2.05) is 0 Å². The van der Waals surface area contributed by atoms with Crippen LogP contribution in [0.1, 0.15) is 13.3 Å². The topological polar surface area (TPSA) is 83.6 Å². The Hall–Kier alpha value is -1.10. The Bertz CT molecular complexity index is 217. The zero-order chi connectivity index (χ0) is 9.30. The van der Waals surface area contributed by atoms with Crippen molar-refractivity contribution in [2.45, 2.75) is 25.4 Å². The molecule has 0 radical (unpaired) electrons. The molecule has 1 saturated heterocycles. The summed E-state index contributed by atoms with van der Waals surface area (Å²) in [6.45, 7) is 1.81. The second kappa shape index (κ2) is 3.10. The third-order valence-corrected chi connectivity index (χ3v) is 2.10. The summed E-state index contributed by atoms with van der Waals surface area (Å²) in [5.41, 5.74) is 5.53. The summed E-state index contributed by atoms with van der Waals surface area (Å²) in [5, 5.41) is 8.73. The van der Waals surface area contributed by atoms with Gasteiger partial charge in [-0.3, -0.25) is 4.79 Å². The van der Waals surface area contributed by atoms with E-state index in [1.54, 1.807) is 0 Å². The summed E-state index contributed by atoms with van der Waals surface area (Å²) in [4.78, 5) is 22.9. The van der Waals surface area contributed by atoms with E-state index in [0.717, 1.165) is 0 Å². The third-order valence-electron chi connectivity index (χ3n) is 2.10. The van der Waals surface area contributed by atoms with E-state index in [-0.39, 0.29) is 5.91 Å². The number of nitrogens with zero attached hydrogens (tertiary/aromatic N) is 1. The maximum Gasteiger partial charge on any atom is 0.328 e. The fraction of sp³-hybridized carbons (Fsp3) is 0.714. The molecule has 1 fully saturated rings. The summed E-state index contributed by atoms with van der Waals surface area (Å²) in [6.07, 6.45) is 0.566. The molecule has 0 saturated carbocycles. The number of carboxylic acids is 1. The van der Waals surface area contributed by atoms with E-state index < -0.39 is 18.1 Å². The molecule has 0 aromatic rings. The number of aliphatic carboxylic acids is 1. The van der Waals surface area contributed by atoms with E-state index in [4.69, 9.17) is 10.8 Å². The van der Waals surface area contributed by atoms with Gasteiger partial charge in [-0.1, -0.05) is 0 Å². The first-order valence-corrected chi connectivity index (χ1v) is 3.79. The molecule has 68 valence electrons. The van der Waals surface area contributed by atoms with Crippen molar-refractivity contribution in [3.05, 3.63) is 0 Å². The summed E-state index contributed by atoms with van der Waals surface area (Å²) in [5.74, 6) is -1.24. The number of carbonyl (C=O) groups is 2. The molecule has 1 amide bonds. The van der Waals surface area contributed by atoms with Gasteiger partial charge in [0.05, 0.1) is 0 Å². The number of amides is 1. The van der Waals surface area contributed by atoms with Gasteiger partial charge in [-0.25, -0.2) is 4.79 Å². The van der Waals surface area contributed by atoms with Gasteiger partial charge < -0.3 is 15.7 Å². The number of likely N-dealkylation sites (tertiary alicyclic amines) is 1. The van der Waals surface area contributed by atoms with Crippen molar-refractivity contribution in [2.24, 2.45) is 5.73 Å². The minimum atomic E-state index is -1.02. The lowest BCUT2D eigenvalue weighted by Crippen LogP contribution is -2.47. The van der Waals surface area contributed by atoms with Crippen LogP contribution in [0.5, 0.6) is 0 Å². The Morgan fingerprint density at radius 3 is 2.50 bits per heavy atom. The van der Waals surface area contributed by atoms with E-state index in [0.29, 0.717) is 13.0 Å². The molecule has 5 heteroatoms. The van der Waals surface area contributed by atoms with Gasteiger partial charge in [0.2, 0.25) is 5.91 Å². The van der Waals surface area contributed by atoms with Crippen LogP contribution in [0.25, 0.3) is 0 Å². The van der Waals surface area contributed by atoms with Gasteiger partial charge in [-0.05, 0) is 6.42 Å². The van der Waals surface area contributed by atoms with Crippen LogP contribution in [-0.4, -0.2) is 40.5 Å². The smallest absolute Gasteiger partial charge is 0.328 e. The molecule has 3 N–H and O–H groups in total. The van der Waals surface area contributed by atoms with Crippen molar-refractivity contribution in [2.75, 3.05) is 6.54 Å². The van der Waals surface area contributed by atoms with Gasteiger partial charge in [0.15, 0.2) is 0 Å². The molecule has 0 spiro atoms. The van der Waals surface area contributed by atoms with Crippen LogP contribution in [-0.2, 0) is 9.59 Å². The van der Waals surface area contributed by atoms with Crippen molar-refractivity contribution in [3.8, 4) is 0 Å². The molecule has 1 rings (SSSR count). The number of rotatable bonds is 1. The highest BCUT2D eigenvalue weighted by Crippen LogP contribution is 2.16. The van der Waals surface area contributed by atoms with Crippen LogP contribution in [0.3, 0.4) is 0 Å². The molecule has 2 atom stereocenters. The summed E-state index contributed by atoms with van der Waals surface area (Å²) in [6, 6.07) is -1.26. The van der Waals surface area contributed by atoms with Crippen LogP contribution in [0.15, 0.2) is 0 Å². The van der Waals surface area contributed by atoms with Crippen molar-refractivity contribution in [3.63, 3.8) is 0 Å². The van der Waals surface area contributed by atoms with E-state index in [2.05, 4.69) is 0 Å². The van der Waals surface area contributed by atoms with Crippen LogP contribution >= 0.6 is 0 Å². The minimum absolute atomic E-state index is 0.227. The first kappa shape index (κ1) is 8.99. The highest BCUT2D eigenvalue weighted by atomic mass is 16.4. The van der Waals surface area contributed by atoms with Gasteiger partial charge in [0.25, 0.3) is 0 Å². The fourth-order valence-corrected chi connectivity index (χ4v) is 1.49. The maximum absolute atomic E-state index is 10.9. The Labute approximate surface area is 70.1 Å². The molecule has 0 aromatic heterocycles. The average molecular weight is 172 g/mol. The Morgan fingerprint density at radius 2 is 2.17 bits per heavy atom. The first-order chi connectivity index (χ1) is 5.54. The second-order valence-corrected chi connectivity index (χ2v) is 2.95. The zero-order valence-electron chi connectivity index (χ0n) is 6.86. The predicted octanol–water partition coefficient (Wildman–Crippen LogP) is -0.981. The fourth-order valence-electron chi connectivity index (χ4n) is 1.49. The lowest BCUT2D eigenvalue weighted by molar-refractivity contribution is -0.147. The number of hydrogen-bond donors (Lipinski definition) is 2. The maximum atomic E-state index is 10.9. The van der Waals surface area contributed by atoms with Crippen LogP contribution in [0, 0.1) is 0 Å². The van der Waals surface area contributed by atoms with Gasteiger partial charge in [-0.15, -0.1) is 0 Å². The third kappa shape index (κ3) is 1.40. The molecule has 1 heterocycles. The summed E-state index contributed by atoms with van der Waals surface area (Å²) < 4.78 is 0. The molecule has 5 nitrogen and oxygen atoms in total. The Morgan fingerprint density at radius 1 is 1.58 bits per heavy atom. The van der Waals surface area contributed by atoms with E-state index in [1.165, 1.54) is 11.8 Å². The van der Waals surface area contributed by atoms with E-state index >= 15 is 0 Å². The van der Waals surface area contributed by atoms with Crippen molar-refractivity contribution in [1.29, 1.82) is 0 Å². The molecular weight excluding hydrogens is 160 g/mol. The highest BCUT2D eigenvalue weighted by molar-refractivity contribution is 5.83. The van der Waals surface area contributed by atoms with Crippen molar-refractivity contribution >= 4 is 11.9 Å². The monoisotopic (exact) mass is 172 g/mol. The summed E-state index contributed by atoms with van der Waals surface area (Å²) in [7, 11) is 0. The first-order valence-electron chi connectivity index (χ1n) is 3.79. The standard InChI is InChI=1S/C7H12N2O3/c1-4(10)9-3-2-5(8)6(9)7(11)12/h5-6H,2-3,8H2,1H3,(H,11,12). The normalized spacial score (nSPS) is 29.0. The molecule has 1 aliphatic heterocycles. The second-order valence-electron chi connectivity index (χ2n) is 2.95. The van der Waals surface area contributed by atoms with Crippen LogP contribution < -0.4 is 5.73 Å². The number of carboxylic acid groups (broad SMARTS) is 1. The molecule has 1 aliphatic rings. The molecular formula is C7H12N2O3. The van der Waals surface area contributed by atoms with Gasteiger partial charge in [0.1, 0.15) is 6.04 Å². The van der Waals surface area contributed by atoms with Crippen molar-refractivity contribution in [1.82, 2.24) is 4.90 Å². The lowest BCUT2D eigenvalue weighted by Gasteiger charge is -2.21. The molecule has 12 heavy (non-hydrogen) atoms. The predicted molar refractivity (Wildman–Crippen MR) is 41.4 cm³/mol. The van der Waals surface area contributed by atoms with Gasteiger partial charge >= 0.3 is 5.97 Å². The molecule has 0 aliphatic carbocycles. The molecule has 0 aromatic carbocycles. The molecule has 2 unspecified atom stereocenters. The average Bonchev–Trinajstić information content (AvgIpc) is 2.30. The SMILES string of the molecule is CC(=O)N1CCC(N)C1C(=O)O. The highest BCUT2D eigenvalue weighted by Gasteiger charge is 2.38. The quantitative estimate of drug-likeness (QED) is 0.532. The van der Waals surface area contributed by atoms with Crippen molar-refractivity contribution < 1.29 is 14.7 Å². The lowest BCUT2D eigenvalue weighted by atomic mass is 10.1. The minimum Gasteiger partial charge on any atom is -0.480 e. The zero-order valence-corrected chi connectivity index (χ0v) is 6.86. The number of carbonyl (C=O) groups excluding carboxylic acids is 1. The molecule has 0 bridgehead atoms. The van der Waals surface area contributed by atoms with Crippen LogP contribution in [0.2, 0.25) is 0 Å². The number of hydrogen-bond acceptors (Lipinski definition) is 3. The van der Waals surface area contributed by atoms with Crippen LogP contribution in [0.4, 0.5) is 0 Å².